The third-order valence-electron chi connectivity index (χ3n) is 2.80. The summed E-state index contributed by atoms with van der Waals surface area (Å²) in [6.45, 7) is 2.66. The van der Waals surface area contributed by atoms with Crippen molar-refractivity contribution in [3.05, 3.63) is 35.4 Å². The van der Waals surface area contributed by atoms with E-state index in [9.17, 15) is 4.79 Å². The predicted octanol–water partition coefficient (Wildman–Crippen LogP) is 1.69. The molecular formula is C14H19N3O. The Labute approximate surface area is 108 Å². The zero-order valence-corrected chi connectivity index (χ0v) is 11.1. The van der Waals surface area contributed by atoms with E-state index >= 15 is 0 Å². The van der Waals surface area contributed by atoms with Gasteiger partial charge in [0.25, 0.3) is 0 Å². The van der Waals surface area contributed by atoms with Gasteiger partial charge < -0.3 is 10.2 Å². The molecule has 0 aliphatic carbocycles. The van der Waals surface area contributed by atoms with E-state index in [1.807, 2.05) is 25.1 Å². The van der Waals surface area contributed by atoms with Crippen molar-refractivity contribution in [1.29, 1.82) is 5.26 Å². The van der Waals surface area contributed by atoms with E-state index in [0.29, 0.717) is 18.5 Å². The lowest BCUT2D eigenvalue weighted by atomic mass is 10.1. The maximum Gasteiger partial charge on any atom is 0.223 e. The van der Waals surface area contributed by atoms with Crippen LogP contribution in [0.2, 0.25) is 0 Å². The van der Waals surface area contributed by atoms with Crippen LogP contribution in [0.15, 0.2) is 24.3 Å². The molecule has 0 aliphatic rings. The van der Waals surface area contributed by atoms with Crippen LogP contribution < -0.4 is 5.32 Å². The lowest BCUT2D eigenvalue weighted by Gasteiger charge is -2.15. The molecule has 1 atom stereocenters. The molecule has 96 valence electrons. The molecule has 1 rings (SSSR count). The van der Waals surface area contributed by atoms with Crippen LogP contribution in [0.3, 0.4) is 0 Å². The van der Waals surface area contributed by atoms with E-state index in [1.165, 1.54) is 0 Å². The molecule has 0 fully saturated rings. The zero-order valence-electron chi connectivity index (χ0n) is 11.1. The summed E-state index contributed by atoms with van der Waals surface area (Å²) in [4.78, 5) is 13.0. The standard InChI is InChI=1S/C14H19N3O/c1-11(16-8-7-14(18)17(2)3)13-6-4-5-12(9-13)10-15/h4-6,9,11,16H,7-8H2,1-3H3. The molecule has 18 heavy (non-hydrogen) atoms. The van der Waals surface area contributed by atoms with Crippen molar-refractivity contribution in [3.8, 4) is 6.07 Å². The molecule has 1 unspecified atom stereocenters. The van der Waals surface area contributed by atoms with Gasteiger partial charge in [-0.2, -0.15) is 5.26 Å². The second-order valence-corrected chi connectivity index (χ2v) is 4.45. The van der Waals surface area contributed by atoms with Gasteiger partial charge in [-0.1, -0.05) is 12.1 Å². The molecule has 1 N–H and O–H groups in total. The van der Waals surface area contributed by atoms with Crippen LogP contribution in [-0.2, 0) is 4.79 Å². The number of benzene rings is 1. The monoisotopic (exact) mass is 245 g/mol. The third kappa shape index (κ3) is 4.19. The van der Waals surface area contributed by atoms with Gasteiger partial charge in [-0.25, -0.2) is 0 Å². The number of carbonyl (C=O) groups excluding carboxylic acids is 1. The highest BCUT2D eigenvalue weighted by atomic mass is 16.2. The van der Waals surface area contributed by atoms with Crippen LogP contribution in [0.25, 0.3) is 0 Å². The molecule has 1 aromatic rings. The van der Waals surface area contributed by atoms with Gasteiger partial charge in [-0.3, -0.25) is 4.79 Å². The second-order valence-electron chi connectivity index (χ2n) is 4.45. The van der Waals surface area contributed by atoms with Crippen molar-refractivity contribution in [1.82, 2.24) is 10.2 Å². The maximum absolute atomic E-state index is 11.4. The topological polar surface area (TPSA) is 56.1 Å². The minimum Gasteiger partial charge on any atom is -0.349 e. The molecule has 0 heterocycles. The summed E-state index contributed by atoms with van der Waals surface area (Å²) in [7, 11) is 3.50. The predicted molar refractivity (Wildman–Crippen MR) is 70.9 cm³/mol. The number of hydrogen-bond donors (Lipinski definition) is 1. The summed E-state index contributed by atoms with van der Waals surface area (Å²) >= 11 is 0. The molecule has 1 amide bonds. The minimum absolute atomic E-state index is 0.112. The van der Waals surface area contributed by atoms with Crippen LogP contribution >= 0.6 is 0 Å². The van der Waals surface area contributed by atoms with Crippen LogP contribution in [0.5, 0.6) is 0 Å². The first-order valence-electron chi connectivity index (χ1n) is 5.98. The van der Waals surface area contributed by atoms with E-state index < -0.39 is 0 Å². The molecular weight excluding hydrogens is 226 g/mol. The molecule has 4 nitrogen and oxygen atoms in total. The summed E-state index contributed by atoms with van der Waals surface area (Å²) < 4.78 is 0. The van der Waals surface area contributed by atoms with Crippen molar-refractivity contribution < 1.29 is 4.79 Å². The van der Waals surface area contributed by atoms with E-state index in [1.54, 1.807) is 25.1 Å². The average Bonchev–Trinajstić information content (AvgIpc) is 2.38. The summed E-state index contributed by atoms with van der Waals surface area (Å²) in [5.74, 6) is 0.112. The Morgan fingerprint density at radius 1 is 1.50 bits per heavy atom. The summed E-state index contributed by atoms with van der Waals surface area (Å²) in [6, 6.07) is 9.76. The van der Waals surface area contributed by atoms with Gasteiger partial charge >= 0.3 is 0 Å². The Balaban J connectivity index is 2.48. The molecule has 1 aromatic carbocycles. The lowest BCUT2D eigenvalue weighted by Crippen LogP contribution is -2.28. The van der Waals surface area contributed by atoms with E-state index in [-0.39, 0.29) is 11.9 Å². The Kier molecular flexibility index (Phi) is 5.34. The first kappa shape index (κ1) is 14.2. The van der Waals surface area contributed by atoms with Gasteiger partial charge in [-0.05, 0) is 24.6 Å². The summed E-state index contributed by atoms with van der Waals surface area (Å²) in [5, 5.41) is 12.1. The molecule has 0 saturated heterocycles. The van der Waals surface area contributed by atoms with E-state index in [4.69, 9.17) is 5.26 Å². The number of carbonyl (C=O) groups is 1. The minimum atomic E-state index is 0.112. The van der Waals surface area contributed by atoms with Crippen molar-refractivity contribution in [2.24, 2.45) is 0 Å². The van der Waals surface area contributed by atoms with Gasteiger partial charge in [0.2, 0.25) is 5.91 Å². The Bertz CT molecular complexity index is 449. The van der Waals surface area contributed by atoms with Gasteiger partial charge in [0.05, 0.1) is 11.6 Å². The number of nitriles is 1. The van der Waals surface area contributed by atoms with Crippen molar-refractivity contribution in [2.75, 3.05) is 20.6 Å². The summed E-state index contributed by atoms with van der Waals surface area (Å²) in [6.07, 6.45) is 0.481. The van der Waals surface area contributed by atoms with Crippen molar-refractivity contribution in [2.45, 2.75) is 19.4 Å². The van der Waals surface area contributed by atoms with Gasteiger partial charge in [0.1, 0.15) is 0 Å². The number of nitrogens with one attached hydrogen (secondary N) is 1. The highest BCUT2D eigenvalue weighted by Gasteiger charge is 2.07. The van der Waals surface area contributed by atoms with Gasteiger partial charge in [0, 0.05) is 33.1 Å². The molecule has 0 aliphatic heterocycles. The second kappa shape index (κ2) is 6.77. The Morgan fingerprint density at radius 3 is 2.83 bits per heavy atom. The van der Waals surface area contributed by atoms with Crippen LogP contribution in [0.4, 0.5) is 0 Å². The normalized spacial score (nSPS) is 11.7. The first-order valence-corrected chi connectivity index (χ1v) is 5.98. The molecule has 0 aromatic heterocycles. The Morgan fingerprint density at radius 2 is 2.22 bits per heavy atom. The number of hydrogen-bond acceptors (Lipinski definition) is 3. The molecule has 0 saturated carbocycles. The fourth-order valence-corrected chi connectivity index (χ4v) is 1.61. The molecule has 4 heteroatoms. The largest absolute Gasteiger partial charge is 0.349 e. The highest BCUT2D eigenvalue weighted by molar-refractivity contribution is 5.75. The third-order valence-corrected chi connectivity index (χ3v) is 2.80. The van der Waals surface area contributed by atoms with Crippen LogP contribution in [0.1, 0.15) is 30.5 Å². The summed E-state index contributed by atoms with van der Waals surface area (Å²) in [5.41, 5.74) is 1.72. The zero-order chi connectivity index (χ0) is 13.5. The molecule has 0 radical (unpaired) electrons. The van der Waals surface area contributed by atoms with Crippen molar-refractivity contribution in [3.63, 3.8) is 0 Å². The average molecular weight is 245 g/mol. The number of nitrogens with zero attached hydrogens (tertiary/aromatic N) is 2. The molecule has 0 spiro atoms. The van der Waals surface area contributed by atoms with Crippen LogP contribution in [-0.4, -0.2) is 31.4 Å². The quantitative estimate of drug-likeness (QED) is 0.858. The fourth-order valence-electron chi connectivity index (χ4n) is 1.61. The number of rotatable bonds is 5. The smallest absolute Gasteiger partial charge is 0.223 e. The highest BCUT2D eigenvalue weighted by Crippen LogP contribution is 2.13. The number of amides is 1. The fraction of sp³-hybridized carbons (Fsp3) is 0.429. The van der Waals surface area contributed by atoms with Gasteiger partial charge in [0.15, 0.2) is 0 Å². The SMILES string of the molecule is CC(NCCC(=O)N(C)C)c1cccc(C#N)c1. The van der Waals surface area contributed by atoms with Crippen LogP contribution in [0, 0.1) is 11.3 Å². The Hall–Kier alpha value is -1.86. The van der Waals surface area contributed by atoms with Gasteiger partial charge in [-0.15, -0.1) is 0 Å². The van der Waals surface area contributed by atoms with E-state index in [2.05, 4.69) is 11.4 Å². The maximum atomic E-state index is 11.4. The lowest BCUT2D eigenvalue weighted by molar-refractivity contribution is -0.128. The molecule has 0 bridgehead atoms. The van der Waals surface area contributed by atoms with Crippen molar-refractivity contribution >= 4 is 5.91 Å². The first-order chi connectivity index (χ1) is 8.54. The van der Waals surface area contributed by atoms with E-state index in [0.717, 1.165) is 5.56 Å².